The first kappa shape index (κ1) is 21.4. The molecule has 2 aromatic rings. The second kappa shape index (κ2) is 8.03. The topological polar surface area (TPSA) is 65.8 Å². The summed E-state index contributed by atoms with van der Waals surface area (Å²) in [5.74, 6) is 0.102. The van der Waals surface area contributed by atoms with Crippen molar-refractivity contribution >= 4 is 24.2 Å². The molecule has 160 valence electrons. The van der Waals surface area contributed by atoms with Gasteiger partial charge in [0.1, 0.15) is 0 Å². The van der Waals surface area contributed by atoms with Crippen molar-refractivity contribution in [2.45, 2.75) is 45.4 Å². The van der Waals surface area contributed by atoms with E-state index in [1.165, 1.54) is 0 Å². The minimum absolute atomic E-state index is 0.102. The summed E-state index contributed by atoms with van der Waals surface area (Å²) in [6.45, 7) is 10.5. The monoisotopic (exact) mass is 417 g/mol. The van der Waals surface area contributed by atoms with Gasteiger partial charge < -0.3 is 19.1 Å². The van der Waals surface area contributed by atoms with Gasteiger partial charge >= 0.3 is 7.12 Å². The maximum absolute atomic E-state index is 12.7. The number of hydrogen-bond donors (Lipinski definition) is 0. The highest BCUT2D eigenvalue weighted by Crippen LogP contribution is 2.36. The summed E-state index contributed by atoms with van der Waals surface area (Å²) in [4.78, 5) is 16.7. The molecule has 2 heterocycles. The molecule has 2 aromatic carbocycles. The lowest BCUT2D eigenvalue weighted by Gasteiger charge is -2.35. The molecule has 0 spiro atoms. The van der Waals surface area contributed by atoms with Crippen LogP contribution in [-0.4, -0.2) is 48.8 Å². The van der Waals surface area contributed by atoms with Gasteiger partial charge in [-0.25, -0.2) is 0 Å². The Labute approximate surface area is 184 Å². The molecule has 1 amide bonds. The predicted octanol–water partition coefficient (Wildman–Crippen LogP) is 2.71. The van der Waals surface area contributed by atoms with Crippen LogP contribution in [0.25, 0.3) is 0 Å². The van der Waals surface area contributed by atoms with Gasteiger partial charge in [0, 0.05) is 25.3 Å². The van der Waals surface area contributed by atoms with E-state index in [9.17, 15) is 4.79 Å². The van der Waals surface area contributed by atoms with Crippen LogP contribution < -0.4 is 10.4 Å². The highest BCUT2D eigenvalue weighted by Gasteiger charge is 2.51. The first-order chi connectivity index (χ1) is 14.7. The van der Waals surface area contributed by atoms with Gasteiger partial charge in [0.2, 0.25) is 5.91 Å². The van der Waals surface area contributed by atoms with Crippen LogP contribution in [0.2, 0.25) is 0 Å². The molecule has 0 aromatic heterocycles. The third kappa shape index (κ3) is 4.32. The summed E-state index contributed by atoms with van der Waals surface area (Å²) >= 11 is 0. The normalized spacial score (nSPS) is 20.1. The zero-order valence-corrected chi connectivity index (χ0v) is 18.6. The van der Waals surface area contributed by atoms with Gasteiger partial charge in [-0.15, -0.1) is 0 Å². The largest absolute Gasteiger partial charge is 0.494 e. The molecular weight excluding hydrogens is 389 g/mol. The summed E-state index contributed by atoms with van der Waals surface area (Å²) < 4.78 is 12.2. The van der Waals surface area contributed by atoms with Crippen molar-refractivity contribution in [3.05, 3.63) is 59.7 Å². The van der Waals surface area contributed by atoms with Gasteiger partial charge in [-0.05, 0) is 63.0 Å². The lowest BCUT2D eigenvalue weighted by atomic mass is 9.79. The molecule has 0 atom stereocenters. The Kier molecular flexibility index (Phi) is 5.55. The summed E-state index contributed by atoms with van der Waals surface area (Å²) in [6.07, 6.45) is 0. The van der Waals surface area contributed by atoms with Crippen molar-refractivity contribution in [2.75, 3.05) is 24.5 Å². The Morgan fingerprint density at radius 1 is 0.968 bits per heavy atom. The van der Waals surface area contributed by atoms with Crippen LogP contribution in [0.3, 0.4) is 0 Å². The number of carbonyl (C=O) groups excluding carboxylic acids is 1. The minimum Gasteiger partial charge on any atom is -0.399 e. The third-order valence-corrected chi connectivity index (χ3v) is 6.56. The van der Waals surface area contributed by atoms with Crippen LogP contribution in [0.1, 0.15) is 38.8 Å². The Morgan fingerprint density at radius 3 is 2.13 bits per heavy atom. The third-order valence-electron chi connectivity index (χ3n) is 6.56. The standard InChI is InChI=1S/C24H28BN3O3/c1-23(2)24(3,4)31-25(30-23)20-9-11-21(12-10-20)27-13-14-28(22(29)17-27)16-19-7-5-18(15-26)6-8-19/h5-12H,13-14,16-17H2,1-4H3. The average molecular weight is 417 g/mol. The Bertz CT molecular complexity index is 980. The van der Waals surface area contributed by atoms with E-state index in [1.807, 2.05) is 69.0 Å². The number of rotatable bonds is 4. The Balaban J connectivity index is 1.37. The van der Waals surface area contributed by atoms with E-state index < -0.39 is 0 Å². The summed E-state index contributed by atoms with van der Waals surface area (Å²) in [6, 6.07) is 17.6. The molecule has 0 saturated carbocycles. The van der Waals surface area contributed by atoms with Crippen molar-refractivity contribution in [1.29, 1.82) is 5.26 Å². The molecular formula is C24H28BN3O3. The van der Waals surface area contributed by atoms with Gasteiger partial charge in [-0.1, -0.05) is 24.3 Å². The van der Waals surface area contributed by atoms with E-state index in [4.69, 9.17) is 14.6 Å². The van der Waals surface area contributed by atoms with E-state index in [-0.39, 0.29) is 24.2 Å². The van der Waals surface area contributed by atoms with E-state index in [2.05, 4.69) is 11.0 Å². The van der Waals surface area contributed by atoms with Gasteiger partial charge in [0.25, 0.3) is 0 Å². The number of carbonyl (C=O) groups is 1. The minimum atomic E-state index is -0.384. The quantitative estimate of drug-likeness (QED) is 0.716. The molecule has 0 bridgehead atoms. The highest BCUT2D eigenvalue weighted by molar-refractivity contribution is 6.62. The fourth-order valence-electron chi connectivity index (χ4n) is 3.82. The fourth-order valence-corrected chi connectivity index (χ4v) is 3.82. The van der Waals surface area contributed by atoms with Gasteiger partial charge in [0.15, 0.2) is 0 Å². The fraction of sp³-hybridized carbons (Fsp3) is 0.417. The molecule has 2 saturated heterocycles. The van der Waals surface area contributed by atoms with Gasteiger partial charge in [-0.3, -0.25) is 4.79 Å². The van der Waals surface area contributed by atoms with Gasteiger partial charge in [0.05, 0.1) is 29.4 Å². The number of anilines is 1. The molecule has 0 radical (unpaired) electrons. The second-order valence-electron chi connectivity index (χ2n) is 9.23. The zero-order chi connectivity index (χ0) is 22.2. The first-order valence-electron chi connectivity index (χ1n) is 10.7. The number of piperazine rings is 1. The molecule has 2 aliphatic heterocycles. The van der Waals surface area contributed by atoms with E-state index in [0.29, 0.717) is 25.2 Å². The second-order valence-corrected chi connectivity index (χ2v) is 9.23. The molecule has 0 unspecified atom stereocenters. The number of nitrogens with zero attached hydrogens (tertiary/aromatic N) is 3. The molecule has 2 aliphatic rings. The lowest BCUT2D eigenvalue weighted by Crippen LogP contribution is -2.50. The first-order valence-corrected chi connectivity index (χ1v) is 10.7. The average Bonchev–Trinajstić information content (AvgIpc) is 2.97. The molecule has 7 heteroatoms. The molecule has 31 heavy (non-hydrogen) atoms. The van der Waals surface area contributed by atoms with Crippen molar-refractivity contribution < 1.29 is 14.1 Å². The molecule has 0 N–H and O–H groups in total. The molecule has 4 rings (SSSR count). The van der Waals surface area contributed by atoms with Crippen molar-refractivity contribution in [3.8, 4) is 6.07 Å². The van der Waals surface area contributed by atoms with Gasteiger partial charge in [-0.2, -0.15) is 5.26 Å². The van der Waals surface area contributed by atoms with E-state index >= 15 is 0 Å². The summed E-state index contributed by atoms with van der Waals surface area (Å²) in [7, 11) is -0.384. The van der Waals surface area contributed by atoms with Crippen LogP contribution >= 0.6 is 0 Å². The smallest absolute Gasteiger partial charge is 0.399 e. The molecule has 0 aliphatic carbocycles. The van der Waals surface area contributed by atoms with Crippen LogP contribution in [0, 0.1) is 11.3 Å². The number of hydrogen-bond acceptors (Lipinski definition) is 5. The highest BCUT2D eigenvalue weighted by atomic mass is 16.7. The number of amides is 1. The SMILES string of the molecule is CC1(C)OB(c2ccc(N3CCN(Cc4ccc(C#N)cc4)C(=O)C3)cc2)OC1(C)C. The zero-order valence-electron chi connectivity index (χ0n) is 18.6. The maximum Gasteiger partial charge on any atom is 0.494 e. The summed E-state index contributed by atoms with van der Waals surface area (Å²) in [5.41, 5.74) is 2.93. The van der Waals surface area contributed by atoms with Crippen LogP contribution in [0.4, 0.5) is 5.69 Å². The van der Waals surface area contributed by atoms with Crippen molar-refractivity contribution in [2.24, 2.45) is 0 Å². The molecule has 2 fully saturated rings. The lowest BCUT2D eigenvalue weighted by molar-refractivity contribution is -0.131. The van der Waals surface area contributed by atoms with Crippen molar-refractivity contribution in [3.63, 3.8) is 0 Å². The predicted molar refractivity (Wildman–Crippen MR) is 121 cm³/mol. The molecule has 6 nitrogen and oxygen atoms in total. The number of nitriles is 1. The van der Waals surface area contributed by atoms with Crippen LogP contribution in [0.15, 0.2) is 48.5 Å². The van der Waals surface area contributed by atoms with Crippen LogP contribution in [0.5, 0.6) is 0 Å². The van der Waals surface area contributed by atoms with E-state index in [1.54, 1.807) is 12.1 Å². The van der Waals surface area contributed by atoms with Crippen molar-refractivity contribution in [1.82, 2.24) is 4.90 Å². The Hall–Kier alpha value is -2.82. The maximum atomic E-state index is 12.7. The Morgan fingerprint density at radius 2 is 1.58 bits per heavy atom. The van der Waals surface area contributed by atoms with Crippen LogP contribution in [-0.2, 0) is 20.6 Å². The summed E-state index contributed by atoms with van der Waals surface area (Å²) in [5, 5.41) is 8.92. The number of benzene rings is 2. The van der Waals surface area contributed by atoms with E-state index in [0.717, 1.165) is 23.3 Å².